The van der Waals surface area contributed by atoms with Crippen molar-refractivity contribution >= 4 is 36.9 Å². The van der Waals surface area contributed by atoms with Crippen LogP contribution in [0.1, 0.15) is 51.0 Å². The summed E-state index contributed by atoms with van der Waals surface area (Å²) in [6.07, 6.45) is 2.88. The number of nitrogens with zero attached hydrogens (tertiary/aromatic N) is 6. The molecule has 0 saturated heterocycles. The molecule has 0 spiro atoms. The van der Waals surface area contributed by atoms with Gasteiger partial charge in [0.1, 0.15) is 35.7 Å². The van der Waals surface area contributed by atoms with Gasteiger partial charge in [0, 0.05) is 61.7 Å². The van der Waals surface area contributed by atoms with Crippen molar-refractivity contribution in [3.63, 3.8) is 0 Å². The smallest absolute Gasteiger partial charge is 0.221 e. The van der Waals surface area contributed by atoms with Crippen LogP contribution in [-0.4, -0.2) is 89.5 Å². The molecule has 0 atom stereocenters. The van der Waals surface area contributed by atoms with Crippen molar-refractivity contribution in [1.82, 2.24) is 19.6 Å². The first-order chi connectivity index (χ1) is 22.5. The molecule has 2 aromatic heterocycles. The number of aromatic hydroxyl groups is 2. The number of hydrogen-bond donors (Lipinski definition) is 2. The van der Waals surface area contributed by atoms with Crippen molar-refractivity contribution in [3.8, 4) is 34.3 Å². The Labute approximate surface area is 275 Å². The quantitative estimate of drug-likeness (QED) is 0.256. The average molecular weight is 697 g/mol. The molecule has 6 rings (SSSR count). The van der Waals surface area contributed by atoms with Gasteiger partial charge < -0.3 is 19.9 Å². The fourth-order valence-corrected chi connectivity index (χ4v) is 8.05. The van der Waals surface area contributed by atoms with E-state index in [-0.39, 0.29) is 45.5 Å². The molecule has 2 aromatic carbocycles. The Morgan fingerprint density at radius 3 is 1.40 bits per heavy atom. The van der Waals surface area contributed by atoms with Crippen molar-refractivity contribution in [2.45, 2.75) is 36.5 Å². The lowest BCUT2D eigenvalue weighted by atomic mass is 9.90. The second-order valence-corrected chi connectivity index (χ2v) is 15.6. The molecular weight excluding hydrogens is 665 g/mol. The van der Waals surface area contributed by atoms with Crippen LogP contribution in [-0.2, 0) is 43.4 Å². The second-order valence-electron chi connectivity index (χ2n) is 11.7. The Balaban J connectivity index is 1.57. The Hall–Kier alpha value is -5.03. The van der Waals surface area contributed by atoms with Gasteiger partial charge in [0.15, 0.2) is 19.7 Å². The molecule has 252 valence electrons. The van der Waals surface area contributed by atoms with Crippen LogP contribution in [0.25, 0.3) is 22.5 Å². The molecule has 4 aromatic rings. The van der Waals surface area contributed by atoms with Crippen molar-refractivity contribution in [3.05, 3.63) is 57.6 Å². The van der Waals surface area contributed by atoms with Gasteiger partial charge in [-0.3, -0.25) is 4.79 Å². The van der Waals surface area contributed by atoms with E-state index in [1.807, 2.05) is 0 Å². The van der Waals surface area contributed by atoms with Gasteiger partial charge in [-0.15, -0.1) is 0 Å². The number of oxime groups is 2. The number of hydrogen-bond acceptors (Lipinski definition) is 13. The van der Waals surface area contributed by atoms with Gasteiger partial charge in [-0.2, -0.15) is 10.2 Å². The second kappa shape index (κ2) is 11.6. The number of ketones is 1. The highest BCUT2D eigenvalue weighted by Crippen LogP contribution is 2.41. The molecule has 0 amide bonds. The van der Waals surface area contributed by atoms with Gasteiger partial charge >= 0.3 is 0 Å². The average Bonchev–Trinajstić information content (AvgIpc) is 3.81. The monoisotopic (exact) mass is 696 g/mol. The SMILES string of the molecule is Cc1c(-c2nn(C)c(O)c2C(=O)c2c(-c3ccc(S(C)(=O)=O)c(C4=NOCC4)c3C)nn(C)c2O)ccc(S(C)(=O)=O)c1C1=NOCC1. The van der Waals surface area contributed by atoms with Crippen molar-refractivity contribution in [2.24, 2.45) is 24.4 Å². The minimum atomic E-state index is -3.71. The van der Waals surface area contributed by atoms with Crippen LogP contribution in [0.2, 0.25) is 0 Å². The van der Waals surface area contributed by atoms with E-state index in [1.165, 1.54) is 38.4 Å². The van der Waals surface area contributed by atoms with Crippen LogP contribution in [0.15, 0.2) is 44.4 Å². The molecule has 2 N–H and O–H groups in total. The molecule has 17 heteroatoms. The first kappa shape index (κ1) is 32.9. The van der Waals surface area contributed by atoms with E-state index in [0.717, 1.165) is 21.9 Å². The lowest BCUT2D eigenvalue weighted by Gasteiger charge is -2.15. The van der Waals surface area contributed by atoms with Crippen LogP contribution in [0.4, 0.5) is 0 Å². The van der Waals surface area contributed by atoms with Crippen LogP contribution in [0.3, 0.4) is 0 Å². The van der Waals surface area contributed by atoms with E-state index in [0.29, 0.717) is 57.6 Å². The molecule has 2 aliphatic rings. The Kier molecular flexibility index (Phi) is 7.94. The highest BCUT2D eigenvalue weighted by Gasteiger charge is 2.35. The lowest BCUT2D eigenvalue weighted by molar-refractivity contribution is 0.103. The van der Waals surface area contributed by atoms with Gasteiger partial charge in [-0.1, -0.05) is 22.4 Å². The third kappa shape index (κ3) is 5.32. The summed E-state index contributed by atoms with van der Waals surface area (Å²) in [5.74, 6) is -1.86. The zero-order valence-corrected chi connectivity index (χ0v) is 28.5. The van der Waals surface area contributed by atoms with Gasteiger partial charge in [-0.25, -0.2) is 26.2 Å². The maximum absolute atomic E-state index is 14.6. The summed E-state index contributed by atoms with van der Waals surface area (Å²) in [7, 11) is -4.55. The van der Waals surface area contributed by atoms with Gasteiger partial charge in [0.2, 0.25) is 17.5 Å². The summed E-state index contributed by atoms with van der Waals surface area (Å²) >= 11 is 0. The Bertz CT molecular complexity index is 2170. The molecule has 0 bridgehead atoms. The molecule has 0 fully saturated rings. The van der Waals surface area contributed by atoms with Crippen LogP contribution in [0.5, 0.6) is 11.8 Å². The maximum atomic E-state index is 14.6. The number of sulfone groups is 2. The summed E-state index contributed by atoms with van der Waals surface area (Å²) in [6.45, 7) is 3.87. The number of aromatic nitrogens is 4. The van der Waals surface area contributed by atoms with Crippen LogP contribution >= 0.6 is 0 Å². The van der Waals surface area contributed by atoms with E-state index in [1.54, 1.807) is 13.8 Å². The van der Waals surface area contributed by atoms with Crippen LogP contribution in [0, 0.1) is 13.8 Å². The molecule has 15 nitrogen and oxygen atoms in total. The Morgan fingerprint density at radius 1 is 0.708 bits per heavy atom. The molecule has 0 aliphatic carbocycles. The van der Waals surface area contributed by atoms with E-state index in [2.05, 4.69) is 20.5 Å². The van der Waals surface area contributed by atoms with Gasteiger partial charge in [0.25, 0.3) is 0 Å². The fraction of sp³-hybridized carbons (Fsp3) is 0.323. The van der Waals surface area contributed by atoms with E-state index in [4.69, 9.17) is 9.68 Å². The number of benzene rings is 2. The third-order valence-corrected chi connectivity index (χ3v) is 10.7. The lowest BCUT2D eigenvalue weighted by Crippen LogP contribution is -2.12. The predicted molar refractivity (Wildman–Crippen MR) is 174 cm³/mol. The standard InChI is InChI=1S/C31H32N6O9S2/c1-15-17(7-9-21(47(5,41)42)23(15)19-11-13-45-34-19)27-25(30(39)36(3)32-27)29(38)26-28(33-37(4)31(26)40)18-8-10-22(48(6,43)44)24(16(18)2)20-12-14-46-35-20/h7-10,39-40H,11-14H2,1-6H3. The highest BCUT2D eigenvalue weighted by molar-refractivity contribution is 7.91. The summed E-state index contributed by atoms with van der Waals surface area (Å²) in [5.41, 5.74) is 2.50. The van der Waals surface area contributed by atoms with Gasteiger partial charge in [-0.05, 0) is 37.1 Å². The normalized spacial score (nSPS) is 14.9. The molecular formula is C31H32N6O9S2. The van der Waals surface area contributed by atoms with Crippen LogP contribution < -0.4 is 0 Å². The minimum Gasteiger partial charge on any atom is -0.493 e. The van der Waals surface area contributed by atoms with Crippen molar-refractivity contribution < 1.29 is 41.5 Å². The van der Waals surface area contributed by atoms with E-state index in [9.17, 15) is 31.8 Å². The fourth-order valence-electron chi connectivity index (χ4n) is 6.14. The maximum Gasteiger partial charge on any atom is 0.221 e. The molecule has 0 radical (unpaired) electrons. The zero-order chi connectivity index (χ0) is 34.9. The highest BCUT2D eigenvalue weighted by atomic mass is 32.2. The van der Waals surface area contributed by atoms with E-state index < -0.39 is 37.2 Å². The van der Waals surface area contributed by atoms with E-state index >= 15 is 0 Å². The summed E-state index contributed by atoms with van der Waals surface area (Å²) in [6, 6.07) is 5.78. The molecule has 4 heterocycles. The molecule has 48 heavy (non-hydrogen) atoms. The largest absolute Gasteiger partial charge is 0.493 e. The van der Waals surface area contributed by atoms with Crippen molar-refractivity contribution in [1.29, 1.82) is 0 Å². The number of carbonyl (C=O) groups is 1. The number of rotatable bonds is 8. The minimum absolute atomic E-state index is 0.0225. The first-order valence-corrected chi connectivity index (χ1v) is 18.4. The zero-order valence-electron chi connectivity index (χ0n) is 26.9. The predicted octanol–water partition coefficient (Wildman–Crippen LogP) is 2.80. The molecule has 2 aliphatic heterocycles. The van der Waals surface area contributed by atoms with Crippen molar-refractivity contribution in [2.75, 3.05) is 25.7 Å². The summed E-state index contributed by atoms with van der Waals surface area (Å²) in [4.78, 5) is 24.9. The summed E-state index contributed by atoms with van der Waals surface area (Å²) < 4.78 is 53.2. The molecule has 0 saturated carbocycles. The number of carbonyl (C=O) groups excluding carboxylic acids is 1. The number of aryl methyl sites for hydroxylation is 2. The third-order valence-electron chi connectivity index (χ3n) is 8.44. The van der Waals surface area contributed by atoms with Gasteiger partial charge in [0.05, 0.1) is 21.2 Å². The first-order valence-electron chi connectivity index (χ1n) is 14.6. The topological polar surface area (TPSA) is 205 Å². The summed E-state index contributed by atoms with van der Waals surface area (Å²) in [5, 5.41) is 39.4. The molecule has 0 unspecified atom stereocenters. The Morgan fingerprint density at radius 2 is 1.08 bits per heavy atom.